The highest BCUT2D eigenvalue weighted by Crippen LogP contribution is 2.21. The molecule has 2 aliphatic rings. The maximum Gasteiger partial charge on any atom is 0.240 e. The highest BCUT2D eigenvalue weighted by atomic mass is 16.5. The van der Waals surface area contributed by atoms with Crippen molar-refractivity contribution >= 4 is 5.91 Å². The summed E-state index contributed by atoms with van der Waals surface area (Å²) in [6.45, 7) is 9.43. The second-order valence-corrected chi connectivity index (χ2v) is 7.21. The summed E-state index contributed by atoms with van der Waals surface area (Å²) in [4.78, 5) is 21.4. The van der Waals surface area contributed by atoms with Gasteiger partial charge in [0.25, 0.3) is 0 Å². The lowest BCUT2D eigenvalue weighted by molar-refractivity contribution is -0.141. The fourth-order valence-corrected chi connectivity index (χ4v) is 3.44. The van der Waals surface area contributed by atoms with E-state index < -0.39 is 0 Å². The molecule has 2 fully saturated rings. The molecule has 7 heteroatoms. The molecule has 1 aromatic heterocycles. The van der Waals surface area contributed by atoms with Gasteiger partial charge in [0.05, 0.1) is 25.7 Å². The lowest BCUT2D eigenvalue weighted by Gasteiger charge is -2.35. The van der Waals surface area contributed by atoms with Gasteiger partial charge in [-0.3, -0.25) is 9.69 Å². The summed E-state index contributed by atoms with van der Waals surface area (Å²) in [5.41, 5.74) is 0. The summed E-state index contributed by atoms with van der Waals surface area (Å²) in [6.07, 6.45) is 2.84. The Kier molecular flexibility index (Phi) is 5.84. The fraction of sp³-hybridized carbons (Fsp3) is 0.824. The molecule has 0 spiro atoms. The van der Waals surface area contributed by atoms with Crippen LogP contribution >= 0.6 is 0 Å². The van der Waals surface area contributed by atoms with E-state index in [0.717, 1.165) is 51.3 Å². The maximum atomic E-state index is 12.7. The first-order valence-electron chi connectivity index (χ1n) is 9.02. The maximum absolute atomic E-state index is 12.7. The number of hydrogen-bond acceptors (Lipinski definition) is 6. The van der Waals surface area contributed by atoms with Gasteiger partial charge in [-0.05, 0) is 25.3 Å². The zero-order valence-corrected chi connectivity index (χ0v) is 14.7. The minimum Gasteiger partial charge on any atom is -0.378 e. The van der Waals surface area contributed by atoms with E-state index in [1.165, 1.54) is 0 Å². The quantitative estimate of drug-likeness (QED) is 0.808. The van der Waals surface area contributed by atoms with E-state index in [-0.39, 0.29) is 11.8 Å². The molecule has 134 valence electrons. The highest BCUT2D eigenvalue weighted by molar-refractivity contribution is 5.79. The van der Waals surface area contributed by atoms with E-state index in [1.807, 2.05) is 4.90 Å². The molecular weight excluding hydrogens is 308 g/mol. The zero-order chi connectivity index (χ0) is 16.9. The van der Waals surface area contributed by atoms with Gasteiger partial charge < -0.3 is 14.2 Å². The van der Waals surface area contributed by atoms with Crippen LogP contribution in [-0.2, 0) is 22.5 Å². The number of ether oxygens (including phenoxy) is 1. The molecule has 3 heterocycles. The van der Waals surface area contributed by atoms with Crippen molar-refractivity contribution < 1.29 is 14.1 Å². The minimum atomic E-state index is 0.0786. The van der Waals surface area contributed by atoms with E-state index in [1.54, 1.807) is 0 Å². The first-order valence-corrected chi connectivity index (χ1v) is 9.02. The van der Waals surface area contributed by atoms with Gasteiger partial charge in [0.1, 0.15) is 0 Å². The van der Waals surface area contributed by atoms with Crippen molar-refractivity contribution in [3.63, 3.8) is 0 Å². The van der Waals surface area contributed by atoms with E-state index in [4.69, 9.17) is 9.26 Å². The number of likely N-dealkylation sites (tertiary alicyclic amines) is 1. The number of carbonyl (C=O) groups excluding carboxylic acids is 1. The third-order valence-electron chi connectivity index (χ3n) is 4.64. The normalized spacial score (nSPS) is 23.0. The Morgan fingerprint density at radius 1 is 1.29 bits per heavy atom. The molecule has 1 aromatic rings. The van der Waals surface area contributed by atoms with Crippen LogP contribution in [0, 0.1) is 11.8 Å². The Morgan fingerprint density at radius 3 is 2.83 bits per heavy atom. The van der Waals surface area contributed by atoms with Crippen LogP contribution in [-0.4, -0.2) is 65.2 Å². The van der Waals surface area contributed by atoms with Crippen LogP contribution in [0.4, 0.5) is 0 Å². The molecule has 1 atom stereocenters. The Labute approximate surface area is 143 Å². The first kappa shape index (κ1) is 17.4. The van der Waals surface area contributed by atoms with Crippen LogP contribution in [0.2, 0.25) is 0 Å². The van der Waals surface area contributed by atoms with Crippen LogP contribution in [0.25, 0.3) is 0 Å². The van der Waals surface area contributed by atoms with Crippen molar-refractivity contribution in [2.45, 2.75) is 39.7 Å². The topological polar surface area (TPSA) is 71.7 Å². The summed E-state index contributed by atoms with van der Waals surface area (Å²) < 4.78 is 10.7. The van der Waals surface area contributed by atoms with Gasteiger partial charge in [0, 0.05) is 26.1 Å². The van der Waals surface area contributed by atoms with Crippen molar-refractivity contribution in [3.8, 4) is 0 Å². The SMILES string of the molecule is CC(C)Cc1noc(CN2CCCC(C(=O)N3CCOCC3)C2)n1. The average molecular weight is 336 g/mol. The molecule has 0 N–H and O–H groups in total. The zero-order valence-electron chi connectivity index (χ0n) is 14.7. The largest absolute Gasteiger partial charge is 0.378 e. The van der Waals surface area contributed by atoms with Crippen LogP contribution in [0.15, 0.2) is 4.52 Å². The molecule has 2 saturated heterocycles. The number of rotatable bonds is 5. The number of piperidine rings is 1. The van der Waals surface area contributed by atoms with Crippen LogP contribution < -0.4 is 0 Å². The number of morpholine rings is 1. The predicted molar refractivity (Wildman–Crippen MR) is 88.2 cm³/mol. The monoisotopic (exact) mass is 336 g/mol. The van der Waals surface area contributed by atoms with E-state index in [2.05, 4.69) is 28.9 Å². The Bertz CT molecular complexity index is 540. The van der Waals surface area contributed by atoms with Gasteiger partial charge in [-0.15, -0.1) is 0 Å². The third-order valence-corrected chi connectivity index (χ3v) is 4.64. The molecule has 1 amide bonds. The van der Waals surface area contributed by atoms with Crippen molar-refractivity contribution in [2.24, 2.45) is 11.8 Å². The number of nitrogens with zero attached hydrogens (tertiary/aromatic N) is 4. The van der Waals surface area contributed by atoms with E-state index in [0.29, 0.717) is 31.6 Å². The smallest absolute Gasteiger partial charge is 0.240 e. The van der Waals surface area contributed by atoms with Crippen LogP contribution in [0.1, 0.15) is 38.4 Å². The molecule has 24 heavy (non-hydrogen) atoms. The van der Waals surface area contributed by atoms with Gasteiger partial charge in [-0.25, -0.2) is 0 Å². The summed E-state index contributed by atoms with van der Waals surface area (Å²) >= 11 is 0. The summed E-state index contributed by atoms with van der Waals surface area (Å²) in [5, 5.41) is 4.05. The summed E-state index contributed by atoms with van der Waals surface area (Å²) in [5.74, 6) is 2.30. The molecular formula is C17H28N4O3. The number of aromatic nitrogens is 2. The number of carbonyl (C=O) groups is 1. The van der Waals surface area contributed by atoms with Crippen LogP contribution in [0.5, 0.6) is 0 Å². The second-order valence-electron chi connectivity index (χ2n) is 7.21. The van der Waals surface area contributed by atoms with Gasteiger partial charge in [-0.1, -0.05) is 19.0 Å². The molecule has 7 nitrogen and oxygen atoms in total. The average Bonchev–Trinajstić information content (AvgIpc) is 3.01. The van der Waals surface area contributed by atoms with E-state index in [9.17, 15) is 4.79 Å². The molecule has 0 aromatic carbocycles. The van der Waals surface area contributed by atoms with Gasteiger partial charge >= 0.3 is 0 Å². The van der Waals surface area contributed by atoms with Crippen molar-refractivity contribution in [1.29, 1.82) is 0 Å². The third kappa shape index (κ3) is 4.54. The number of amides is 1. The predicted octanol–water partition coefficient (Wildman–Crippen LogP) is 1.34. The fourth-order valence-electron chi connectivity index (χ4n) is 3.44. The number of hydrogen-bond donors (Lipinski definition) is 0. The van der Waals surface area contributed by atoms with Crippen LogP contribution in [0.3, 0.4) is 0 Å². The highest BCUT2D eigenvalue weighted by Gasteiger charge is 2.30. The molecule has 3 rings (SSSR count). The minimum absolute atomic E-state index is 0.0786. The molecule has 0 bridgehead atoms. The van der Waals surface area contributed by atoms with Crippen molar-refractivity contribution in [2.75, 3.05) is 39.4 Å². The summed E-state index contributed by atoms with van der Waals surface area (Å²) in [7, 11) is 0. The van der Waals surface area contributed by atoms with Crippen molar-refractivity contribution in [1.82, 2.24) is 19.9 Å². The Morgan fingerprint density at radius 2 is 2.08 bits per heavy atom. The summed E-state index contributed by atoms with van der Waals surface area (Å²) in [6, 6.07) is 0. The first-order chi connectivity index (χ1) is 11.6. The van der Waals surface area contributed by atoms with Gasteiger partial charge in [0.15, 0.2) is 5.82 Å². The molecule has 0 aliphatic carbocycles. The van der Waals surface area contributed by atoms with Gasteiger partial charge in [0.2, 0.25) is 11.8 Å². The van der Waals surface area contributed by atoms with Gasteiger partial charge in [-0.2, -0.15) is 4.98 Å². The van der Waals surface area contributed by atoms with E-state index >= 15 is 0 Å². The molecule has 2 aliphatic heterocycles. The molecule has 0 saturated carbocycles. The van der Waals surface area contributed by atoms with Crippen molar-refractivity contribution in [3.05, 3.63) is 11.7 Å². The molecule has 0 radical (unpaired) electrons. The lowest BCUT2D eigenvalue weighted by atomic mass is 9.96. The second kappa shape index (κ2) is 8.07. The Balaban J connectivity index is 1.53. The lowest BCUT2D eigenvalue weighted by Crippen LogP contribution is -2.48. The molecule has 1 unspecified atom stereocenters. The Hall–Kier alpha value is -1.47. The standard InChI is InChI=1S/C17H28N4O3/c1-13(2)10-15-18-16(24-19-15)12-20-5-3-4-14(11-20)17(22)21-6-8-23-9-7-21/h13-14H,3-12H2,1-2H3.